The molecule has 0 aliphatic carbocycles. The van der Waals surface area contributed by atoms with Gasteiger partial charge in [0.1, 0.15) is 5.60 Å². The topological polar surface area (TPSA) is 38.8 Å². The van der Waals surface area contributed by atoms with Crippen molar-refractivity contribution in [2.75, 3.05) is 13.2 Å². The Balaban J connectivity index is 2.01. The number of likely N-dealkylation sites (tertiary alicyclic amines) is 1. The van der Waals surface area contributed by atoms with Gasteiger partial charge in [0.15, 0.2) is 0 Å². The first-order valence-electron chi connectivity index (χ1n) is 7.04. The number of carbonyl (C=O) groups is 1. The van der Waals surface area contributed by atoms with Gasteiger partial charge in [-0.3, -0.25) is 0 Å². The first kappa shape index (κ1) is 14.4. The maximum Gasteiger partial charge on any atom is 0.410 e. The SMILES string of the molecule is CC1=CCOC12CCN(C(=O)OC(C)(C)C)[C@H](C)C2. The minimum absolute atomic E-state index is 0.141. The number of hydrogen-bond acceptors (Lipinski definition) is 3. The van der Waals surface area contributed by atoms with Gasteiger partial charge in [-0.15, -0.1) is 0 Å². The molecule has 1 amide bonds. The van der Waals surface area contributed by atoms with E-state index in [9.17, 15) is 4.79 Å². The summed E-state index contributed by atoms with van der Waals surface area (Å²) in [6.07, 6.45) is 3.65. The molecule has 1 fully saturated rings. The van der Waals surface area contributed by atoms with Crippen LogP contribution >= 0.6 is 0 Å². The van der Waals surface area contributed by atoms with Crippen molar-refractivity contribution in [2.45, 2.75) is 64.7 Å². The maximum absolute atomic E-state index is 12.2. The second-order valence-corrected chi connectivity index (χ2v) is 6.67. The lowest BCUT2D eigenvalue weighted by Gasteiger charge is -2.44. The van der Waals surface area contributed by atoms with E-state index in [2.05, 4.69) is 19.9 Å². The Bertz CT molecular complexity index is 397. The third-order valence-electron chi connectivity index (χ3n) is 4.01. The number of carbonyl (C=O) groups excluding carboxylic acids is 1. The Morgan fingerprint density at radius 2 is 2.21 bits per heavy atom. The molecule has 0 aromatic heterocycles. The van der Waals surface area contributed by atoms with Crippen LogP contribution in [-0.2, 0) is 9.47 Å². The first-order valence-corrected chi connectivity index (χ1v) is 7.04. The molecule has 4 heteroatoms. The van der Waals surface area contributed by atoms with Crippen molar-refractivity contribution in [3.8, 4) is 0 Å². The molecule has 1 spiro atoms. The van der Waals surface area contributed by atoms with Gasteiger partial charge in [0.2, 0.25) is 0 Å². The molecule has 2 aliphatic rings. The van der Waals surface area contributed by atoms with E-state index in [1.165, 1.54) is 5.57 Å². The highest BCUT2D eigenvalue weighted by Gasteiger charge is 2.44. The molecule has 0 saturated carbocycles. The van der Waals surface area contributed by atoms with E-state index in [1.807, 2.05) is 25.7 Å². The lowest BCUT2D eigenvalue weighted by molar-refractivity contribution is -0.0544. The number of nitrogens with zero attached hydrogens (tertiary/aromatic N) is 1. The molecular weight excluding hydrogens is 242 g/mol. The zero-order chi connectivity index (χ0) is 14.3. The summed E-state index contributed by atoms with van der Waals surface area (Å²) in [6.45, 7) is 11.3. The molecule has 2 atom stereocenters. The Hall–Kier alpha value is -1.03. The van der Waals surface area contributed by atoms with Crippen LogP contribution in [0.3, 0.4) is 0 Å². The zero-order valence-corrected chi connectivity index (χ0v) is 12.7. The van der Waals surface area contributed by atoms with Crippen LogP contribution < -0.4 is 0 Å². The third-order valence-corrected chi connectivity index (χ3v) is 4.01. The van der Waals surface area contributed by atoms with Gasteiger partial charge in [-0.25, -0.2) is 4.79 Å². The summed E-state index contributed by atoms with van der Waals surface area (Å²) in [6, 6.07) is 0.144. The first-order chi connectivity index (χ1) is 8.73. The van der Waals surface area contributed by atoms with Crippen LogP contribution in [0.2, 0.25) is 0 Å². The van der Waals surface area contributed by atoms with Crippen molar-refractivity contribution in [1.82, 2.24) is 4.90 Å². The van der Waals surface area contributed by atoms with Crippen molar-refractivity contribution in [1.29, 1.82) is 0 Å². The molecule has 2 heterocycles. The molecular formula is C15H25NO3. The number of ether oxygens (including phenoxy) is 2. The van der Waals surface area contributed by atoms with Gasteiger partial charge in [0.25, 0.3) is 0 Å². The summed E-state index contributed by atoms with van der Waals surface area (Å²) in [5.74, 6) is 0. The largest absolute Gasteiger partial charge is 0.444 e. The number of rotatable bonds is 0. The van der Waals surface area contributed by atoms with Crippen LogP contribution in [0.4, 0.5) is 4.79 Å². The Morgan fingerprint density at radius 3 is 2.68 bits per heavy atom. The zero-order valence-electron chi connectivity index (χ0n) is 12.7. The summed E-state index contributed by atoms with van der Waals surface area (Å²) in [7, 11) is 0. The molecule has 1 saturated heterocycles. The Labute approximate surface area is 115 Å². The molecule has 4 nitrogen and oxygen atoms in total. The highest BCUT2D eigenvalue weighted by atomic mass is 16.6. The number of hydrogen-bond donors (Lipinski definition) is 0. The van der Waals surface area contributed by atoms with E-state index < -0.39 is 5.60 Å². The van der Waals surface area contributed by atoms with Gasteiger partial charge in [0.05, 0.1) is 12.2 Å². The van der Waals surface area contributed by atoms with Crippen LogP contribution in [0.25, 0.3) is 0 Å². The minimum atomic E-state index is -0.439. The predicted octanol–water partition coefficient (Wildman–Crippen LogP) is 3.12. The average molecular weight is 267 g/mol. The molecule has 2 rings (SSSR count). The Morgan fingerprint density at radius 1 is 1.53 bits per heavy atom. The van der Waals surface area contributed by atoms with Crippen molar-refractivity contribution < 1.29 is 14.3 Å². The number of piperidine rings is 1. The van der Waals surface area contributed by atoms with E-state index in [0.717, 1.165) is 12.8 Å². The van der Waals surface area contributed by atoms with Crippen molar-refractivity contribution in [3.05, 3.63) is 11.6 Å². The van der Waals surface area contributed by atoms with E-state index in [-0.39, 0.29) is 17.7 Å². The van der Waals surface area contributed by atoms with Gasteiger partial charge in [-0.1, -0.05) is 6.08 Å². The standard InChI is InChI=1S/C15H25NO3/c1-11-6-9-18-15(11)7-8-16(12(2)10-15)13(17)19-14(3,4)5/h6,12H,7-10H2,1-5H3/t12-,15?/m1/s1. The molecule has 108 valence electrons. The van der Waals surface area contributed by atoms with Gasteiger partial charge in [-0.05, 0) is 46.6 Å². The smallest absolute Gasteiger partial charge is 0.410 e. The van der Waals surface area contributed by atoms with Crippen LogP contribution in [0.5, 0.6) is 0 Å². The highest BCUT2D eigenvalue weighted by molar-refractivity contribution is 5.68. The molecule has 0 radical (unpaired) electrons. The third kappa shape index (κ3) is 2.94. The molecule has 0 bridgehead atoms. The van der Waals surface area contributed by atoms with Gasteiger partial charge < -0.3 is 14.4 Å². The summed E-state index contributed by atoms with van der Waals surface area (Å²) in [5.41, 5.74) is 0.729. The fourth-order valence-electron chi connectivity index (χ4n) is 2.92. The molecule has 1 unspecified atom stereocenters. The monoisotopic (exact) mass is 267 g/mol. The summed E-state index contributed by atoms with van der Waals surface area (Å²) in [4.78, 5) is 14.0. The summed E-state index contributed by atoms with van der Waals surface area (Å²) in [5, 5.41) is 0. The lowest BCUT2D eigenvalue weighted by atomic mass is 9.82. The van der Waals surface area contributed by atoms with Gasteiger partial charge in [0, 0.05) is 19.0 Å². The highest BCUT2D eigenvalue weighted by Crippen LogP contribution is 2.39. The fourth-order valence-corrected chi connectivity index (χ4v) is 2.92. The summed E-state index contributed by atoms with van der Waals surface area (Å²) >= 11 is 0. The molecule has 19 heavy (non-hydrogen) atoms. The van der Waals surface area contributed by atoms with Crippen LogP contribution in [-0.4, -0.2) is 41.4 Å². The van der Waals surface area contributed by atoms with Gasteiger partial charge >= 0.3 is 6.09 Å². The van der Waals surface area contributed by atoms with E-state index in [1.54, 1.807) is 0 Å². The molecule has 2 aliphatic heterocycles. The average Bonchev–Trinajstić information content (AvgIpc) is 2.57. The number of amides is 1. The van der Waals surface area contributed by atoms with Crippen molar-refractivity contribution >= 4 is 6.09 Å². The van der Waals surface area contributed by atoms with E-state index >= 15 is 0 Å². The van der Waals surface area contributed by atoms with Crippen molar-refractivity contribution in [3.63, 3.8) is 0 Å². The maximum atomic E-state index is 12.2. The molecule has 0 N–H and O–H groups in total. The minimum Gasteiger partial charge on any atom is -0.444 e. The quantitative estimate of drug-likeness (QED) is 0.633. The lowest BCUT2D eigenvalue weighted by Crippen LogP contribution is -2.53. The van der Waals surface area contributed by atoms with Crippen LogP contribution in [0, 0.1) is 0 Å². The normalized spacial score (nSPS) is 31.5. The second-order valence-electron chi connectivity index (χ2n) is 6.67. The van der Waals surface area contributed by atoms with E-state index in [4.69, 9.17) is 9.47 Å². The van der Waals surface area contributed by atoms with Gasteiger partial charge in [-0.2, -0.15) is 0 Å². The van der Waals surface area contributed by atoms with E-state index in [0.29, 0.717) is 13.2 Å². The Kier molecular flexibility index (Phi) is 3.65. The predicted molar refractivity (Wildman–Crippen MR) is 74.1 cm³/mol. The van der Waals surface area contributed by atoms with Crippen LogP contribution in [0.15, 0.2) is 11.6 Å². The second kappa shape index (κ2) is 4.82. The molecule has 0 aromatic carbocycles. The summed E-state index contributed by atoms with van der Waals surface area (Å²) < 4.78 is 11.4. The fraction of sp³-hybridized carbons (Fsp3) is 0.800. The van der Waals surface area contributed by atoms with Crippen molar-refractivity contribution in [2.24, 2.45) is 0 Å². The molecule has 0 aromatic rings. The van der Waals surface area contributed by atoms with Crippen LogP contribution in [0.1, 0.15) is 47.5 Å².